The molecule has 5 aromatic rings. The number of fused-ring (bicyclic) bond motifs is 6. The second-order valence-electron chi connectivity index (χ2n) is 21.2. The van der Waals surface area contributed by atoms with Crippen LogP contribution in [0.25, 0.3) is 11.0 Å². The van der Waals surface area contributed by atoms with Gasteiger partial charge in [-0.05, 0) is 80.0 Å². The number of nitro benzene ring substituents is 1. The molecule has 1 spiro atoms. The summed E-state index contributed by atoms with van der Waals surface area (Å²) in [4.78, 5) is 42.6. The van der Waals surface area contributed by atoms with E-state index < -0.39 is 38.5 Å². The third-order valence-electron chi connectivity index (χ3n) is 16.5. The number of primary amides is 1. The summed E-state index contributed by atoms with van der Waals surface area (Å²) >= 11 is 0. The van der Waals surface area contributed by atoms with Gasteiger partial charge in [-0.1, -0.05) is 38.1 Å². The lowest BCUT2D eigenvalue weighted by atomic mass is 9.60. The zero-order valence-corrected chi connectivity index (χ0v) is 40.0. The van der Waals surface area contributed by atoms with Gasteiger partial charge in [0.15, 0.2) is 11.4 Å². The third kappa shape index (κ3) is 6.97. The Labute approximate surface area is 405 Å². The van der Waals surface area contributed by atoms with Crippen molar-refractivity contribution in [2.75, 3.05) is 74.3 Å². The Morgan fingerprint density at radius 1 is 1.03 bits per heavy atom. The van der Waals surface area contributed by atoms with Gasteiger partial charge in [0.05, 0.1) is 64.8 Å². The molecule has 3 aromatic carbocycles. The number of carbonyl (C=O) groups is 1. The lowest BCUT2D eigenvalue weighted by Gasteiger charge is -2.62. The number of rotatable bonds is 11. The lowest BCUT2D eigenvalue weighted by Crippen LogP contribution is -2.66. The predicted octanol–water partition coefficient (Wildman–Crippen LogP) is 6.28. The molecule has 13 rings (SSSR count). The lowest BCUT2D eigenvalue weighted by molar-refractivity contribution is -0.384. The largest absolute Gasteiger partial charge is 0.489 e. The van der Waals surface area contributed by atoms with E-state index in [0.717, 1.165) is 56.6 Å². The normalized spacial score (nSPS) is 26.9. The molecular weight excluding hydrogens is 915 g/mol. The van der Waals surface area contributed by atoms with Gasteiger partial charge in [0.2, 0.25) is 15.7 Å². The molecule has 1 amide bonds. The first-order chi connectivity index (χ1) is 33.8. The molecule has 1 aliphatic carbocycles. The van der Waals surface area contributed by atoms with Crippen molar-refractivity contribution in [1.29, 1.82) is 0 Å². The molecule has 9 heterocycles. The van der Waals surface area contributed by atoms with Gasteiger partial charge in [0.1, 0.15) is 28.9 Å². The molecule has 5 saturated heterocycles. The van der Waals surface area contributed by atoms with Crippen LogP contribution in [0.15, 0.2) is 76.7 Å². The Morgan fingerprint density at radius 2 is 1.87 bits per heavy atom. The van der Waals surface area contributed by atoms with Crippen molar-refractivity contribution >= 4 is 55.2 Å². The summed E-state index contributed by atoms with van der Waals surface area (Å²) in [6, 6.07) is 18.5. The zero-order valence-electron chi connectivity index (χ0n) is 39.2. The molecular formula is C51H57N9O9S. The van der Waals surface area contributed by atoms with Gasteiger partial charge in [-0.3, -0.25) is 24.7 Å². The van der Waals surface area contributed by atoms with Gasteiger partial charge in [-0.2, -0.15) is 4.98 Å². The predicted molar refractivity (Wildman–Crippen MR) is 260 cm³/mol. The van der Waals surface area contributed by atoms with Crippen LogP contribution in [0.2, 0.25) is 0 Å². The number of hydrogen-bond donors (Lipinski definition) is 3. The Morgan fingerprint density at radius 3 is 2.64 bits per heavy atom. The molecule has 0 unspecified atom stereocenters. The summed E-state index contributed by atoms with van der Waals surface area (Å²) in [5, 5.41) is 17.1. The van der Waals surface area contributed by atoms with E-state index in [-0.39, 0.29) is 81.8 Å². The highest BCUT2D eigenvalue weighted by Crippen LogP contribution is 2.57. The van der Waals surface area contributed by atoms with Crippen LogP contribution in [-0.4, -0.2) is 135 Å². The summed E-state index contributed by atoms with van der Waals surface area (Å²) in [5.41, 5.74) is 10.1. The molecule has 1 saturated carbocycles. The van der Waals surface area contributed by atoms with Crippen LogP contribution in [0.4, 0.5) is 28.4 Å². The first-order valence-electron chi connectivity index (χ1n) is 24.7. The van der Waals surface area contributed by atoms with Crippen LogP contribution >= 0.6 is 0 Å². The SMILES string of the molecule is CC(C)c1ccccc1[C@@H]1CCCN1C1CC2(C1)CN(c1ccc(C(N)=O)c(N3c4cc5cc[nH]c5nc4O[C@H]4COC[C@@H]43)c1S(=O)(=O)c1cc3c(c([N+](=O)[O-])c1)N[C@H](CN1C[C@@H]4C[C@H]1CO4)CO3)C2. The zero-order chi connectivity index (χ0) is 47.8. The number of amides is 1. The standard InChI is InChI=1S/C51H57N9O9S/c1-28(2)35-6-3-4-7-36(35)38-8-5-13-58(38)32-18-51(19-32)26-57(27-51)39-10-9-37(48(52)61)46(59-41-14-29-11-12-53-49(29)55-50(41)69-44-25-66-24-42(44)59)47(39)70(64,65)34-16-40(60(62)63)45-43(17-34)68-22-30(54-45)20-56-21-33-15-31(56)23-67-33/h3-4,6-7,9-12,14,16-17,28,30-33,38,42,44,54H,5,8,13,15,18-27H2,1-2H3,(H2,52,61)(H,53,55)/t30-,31+,33+,38+,42+,44+/m1/s1. The van der Waals surface area contributed by atoms with Crippen molar-refractivity contribution in [3.63, 3.8) is 0 Å². The summed E-state index contributed by atoms with van der Waals surface area (Å²) in [7, 11) is -4.76. The second-order valence-corrected chi connectivity index (χ2v) is 23.0. The fraction of sp³-hybridized carbons (Fsp3) is 0.490. The number of morpholine rings is 1. The number of nitrogens with one attached hydrogen (secondary N) is 2. The first-order valence-corrected chi connectivity index (χ1v) is 26.2. The number of anilines is 4. The molecule has 6 fully saturated rings. The van der Waals surface area contributed by atoms with E-state index in [9.17, 15) is 14.9 Å². The maximum absolute atomic E-state index is 16.0. The number of carbonyl (C=O) groups excluding carboxylic acids is 1. The number of ether oxygens (including phenoxy) is 4. The average molecular weight is 972 g/mol. The molecule has 2 bridgehead atoms. The molecule has 6 atom stereocenters. The van der Waals surface area contributed by atoms with Crippen molar-refractivity contribution in [1.82, 2.24) is 19.8 Å². The number of pyridine rings is 1. The fourth-order valence-corrected chi connectivity index (χ4v) is 14.9. The van der Waals surface area contributed by atoms with E-state index in [1.54, 1.807) is 23.2 Å². The number of nitro groups is 1. The van der Waals surface area contributed by atoms with Gasteiger partial charge in [0.25, 0.3) is 11.6 Å². The van der Waals surface area contributed by atoms with E-state index in [1.165, 1.54) is 17.2 Å². The Hall–Kier alpha value is -5.99. The molecule has 366 valence electrons. The first kappa shape index (κ1) is 44.0. The van der Waals surface area contributed by atoms with Crippen LogP contribution in [0, 0.1) is 15.5 Å². The van der Waals surface area contributed by atoms with Crippen LogP contribution in [0.3, 0.4) is 0 Å². The molecule has 0 radical (unpaired) electrons. The highest BCUT2D eigenvalue weighted by molar-refractivity contribution is 7.91. The van der Waals surface area contributed by atoms with Crippen molar-refractivity contribution in [2.45, 2.75) is 104 Å². The van der Waals surface area contributed by atoms with Crippen molar-refractivity contribution in [2.24, 2.45) is 11.1 Å². The Balaban J connectivity index is 0.897. The average Bonchev–Trinajstić information content (AvgIpc) is 4.19. The number of H-pyrrole nitrogens is 1. The van der Waals surface area contributed by atoms with E-state index in [0.29, 0.717) is 61.3 Å². The minimum atomic E-state index is -4.76. The number of benzene rings is 3. The number of likely N-dealkylation sites (tertiary alicyclic amines) is 2. The molecule has 19 heteroatoms. The van der Waals surface area contributed by atoms with Crippen LogP contribution < -0.4 is 30.3 Å². The highest BCUT2D eigenvalue weighted by Gasteiger charge is 2.56. The van der Waals surface area contributed by atoms with Crippen LogP contribution in [0.5, 0.6) is 11.6 Å². The van der Waals surface area contributed by atoms with Crippen LogP contribution in [-0.2, 0) is 19.3 Å². The van der Waals surface area contributed by atoms with Crippen molar-refractivity contribution in [3.05, 3.63) is 93.7 Å². The van der Waals surface area contributed by atoms with E-state index >= 15 is 8.42 Å². The molecule has 70 heavy (non-hydrogen) atoms. The topological polar surface area (TPSA) is 211 Å². The Kier molecular flexibility index (Phi) is 10.2. The van der Waals surface area contributed by atoms with Crippen LogP contribution in [0.1, 0.15) is 79.4 Å². The molecule has 7 aliphatic heterocycles. The maximum Gasteiger partial charge on any atom is 0.297 e. The molecule has 2 aromatic heterocycles. The number of hydrogen-bond acceptors (Lipinski definition) is 15. The third-order valence-corrected chi connectivity index (χ3v) is 18.3. The summed E-state index contributed by atoms with van der Waals surface area (Å²) in [5.74, 6) is -0.125. The van der Waals surface area contributed by atoms with Gasteiger partial charge in [0, 0.05) is 73.4 Å². The number of sulfone groups is 1. The maximum atomic E-state index is 16.0. The number of aromatic amines is 1. The number of nitrogens with zero attached hydrogens (tertiary/aromatic N) is 6. The van der Waals surface area contributed by atoms with Gasteiger partial charge in [-0.25, -0.2) is 8.42 Å². The van der Waals surface area contributed by atoms with E-state index in [1.807, 2.05) is 12.1 Å². The van der Waals surface area contributed by atoms with Gasteiger partial charge in [-0.15, -0.1) is 0 Å². The molecule has 18 nitrogen and oxygen atoms in total. The minimum Gasteiger partial charge on any atom is -0.489 e. The smallest absolute Gasteiger partial charge is 0.297 e. The summed E-state index contributed by atoms with van der Waals surface area (Å²) < 4.78 is 56.6. The number of nitrogens with two attached hydrogens (primary N) is 1. The molecule has 8 aliphatic rings. The van der Waals surface area contributed by atoms with E-state index in [2.05, 4.69) is 63.1 Å². The second kappa shape index (κ2) is 16.3. The number of aromatic nitrogens is 2. The summed E-state index contributed by atoms with van der Waals surface area (Å²) in [6.45, 7) is 9.28. The van der Waals surface area contributed by atoms with E-state index in [4.69, 9.17) is 29.7 Å². The minimum absolute atomic E-state index is 0.0371. The van der Waals surface area contributed by atoms with Gasteiger partial charge >= 0.3 is 0 Å². The van der Waals surface area contributed by atoms with Crippen molar-refractivity contribution < 1.29 is 37.1 Å². The monoisotopic (exact) mass is 971 g/mol. The highest BCUT2D eigenvalue weighted by atomic mass is 32.2. The van der Waals surface area contributed by atoms with Crippen molar-refractivity contribution in [3.8, 4) is 11.6 Å². The Bertz CT molecular complexity index is 3080. The van der Waals surface area contributed by atoms with Gasteiger partial charge < -0.3 is 44.8 Å². The summed E-state index contributed by atoms with van der Waals surface area (Å²) in [6.07, 6.45) is 6.54. The fourth-order valence-electron chi connectivity index (χ4n) is 13.2. The molecule has 4 N–H and O–H groups in total. The quantitative estimate of drug-likeness (QED) is 0.0983.